The van der Waals surface area contributed by atoms with Crippen LogP contribution in [0.25, 0.3) is 0 Å². The first-order valence-corrected chi connectivity index (χ1v) is 7.81. The molecule has 1 N–H and O–H groups in total. The van der Waals surface area contributed by atoms with Gasteiger partial charge in [0.05, 0.1) is 5.60 Å². The zero-order valence-electron chi connectivity index (χ0n) is 12.7. The molecular formula is C17H26N2O. The van der Waals surface area contributed by atoms with Crippen molar-refractivity contribution >= 4 is 5.69 Å². The lowest BCUT2D eigenvalue weighted by Gasteiger charge is -2.40. The molecule has 20 heavy (non-hydrogen) atoms. The molecule has 0 unspecified atom stereocenters. The van der Waals surface area contributed by atoms with E-state index in [9.17, 15) is 0 Å². The van der Waals surface area contributed by atoms with Crippen molar-refractivity contribution in [3.05, 3.63) is 29.3 Å². The summed E-state index contributed by atoms with van der Waals surface area (Å²) in [6, 6.07) is 6.91. The molecule has 110 valence electrons. The van der Waals surface area contributed by atoms with Gasteiger partial charge >= 0.3 is 0 Å². The van der Waals surface area contributed by atoms with Crippen molar-refractivity contribution in [1.29, 1.82) is 0 Å². The minimum absolute atomic E-state index is 0.119. The van der Waals surface area contributed by atoms with Gasteiger partial charge in [0.25, 0.3) is 0 Å². The first kappa shape index (κ1) is 13.9. The molecule has 0 aromatic heterocycles. The molecule has 1 aromatic rings. The zero-order valence-corrected chi connectivity index (χ0v) is 12.7. The number of hydrogen-bond donors (Lipinski definition) is 1. The summed E-state index contributed by atoms with van der Waals surface area (Å²) in [6.45, 7) is 3.10. The van der Waals surface area contributed by atoms with Gasteiger partial charge in [-0.2, -0.15) is 0 Å². The van der Waals surface area contributed by atoms with Crippen LogP contribution in [0.3, 0.4) is 0 Å². The molecule has 1 aromatic carbocycles. The van der Waals surface area contributed by atoms with Crippen LogP contribution in [0, 0.1) is 0 Å². The molecule has 0 bridgehead atoms. The van der Waals surface area contributed by atoms with Gasteiger partial charge in [0.2, 0.25) is 0 Å². The van der Waals surface area contributed by atoms with E-state index in [0.717, 1.165) is 13.1 Å². The molecule has 1 fully saturated rings. The Balaban J connectivity index is 1.58. The second kappa shape index (κ2) is 5.74. The number of nitrogens with one attached hydrogen (secondary N) is 1. The van der Waals surface area contributed by atoms with Crippen LogP contribution in [0.4, 0.5) is 5.69 Å². The van der Waals surface area contributed by atoms with Gasteiger partial charge < -0.3 is 15.0 Å². The monoisotopic (exact) mass is 274 g/mol. The zero-order chi connectivity index (χ0) is 14.0. The van der Waals surface area contributed by atoms with Crippen LogP contribution in [0.15, 0.2) is 18.2 Å². The smallest absolute Gasteiger partial charge is 0.0802 e. The molecule has 1 aliphatic carbocycles. The Hall–Kier alpha value is -1.06. The Morgan fingerprint density at radius 2 is 2.15 bits per heavy atom. The number of fused-ring (bicyclic) bond motifs is 1. The van der Waals surface area contributed by atoms with E-state index in [-0.39, 0.29) is 5.60 Å². The fraction of sp³-hybridized carbons (Fsp3) is 0.647. The van der Waals surface area contributed by atoms with E-state index in [1.54, 1.807) is 0 Å². The third-order valence-corrected chi connectivity index (χ3v) is 4.97. The van der Waals surface area contributed by atoms with Crippen molar-refractivity contribution in [2.45, 2.75) is 44.2 Å². The van der Waals surface area contributed by atoms with Crippen LogP contribution >= 0.6 is 0 Å². The van der Waals surface area contributed by atoms with Gasteiger partial charge in [-0.05, 0) is 49.3 Å². The topological polar surface area (TPSA) is 24.5 Å². The summed E-state index contributed by atoms with van der Waals surface area (Å²) in [5, 5.41) is 3.57. The molecule has 1 aliphatic heterocycles. The lowest BCUT2D eigenvalue weighted by Crippen LogP contribution is -2.47. The fourth-order valence-corrected chi connectivity index (χ4v) is 3.41. The lowest BCUT2D eigenvalue weighted by molar-refractivity contribution is -0.0695. The minimum Gasteiger partial charge on any atom is -0.377 e. The number of ether oxygens (including phenoxy) is 1. The molecule has 1 saturated carbocycles. The number of nitrogens with zero attached hydrogens (tertiary/aromatic N) is 1. The number of hydrogen-bond acceptors (Lipinski definition) is 3. The summed E-state index contributed by atoms with van der Waals surface area (Å²) in [4.78, 5) is 2.37. The van der Waals surface area contributed by atoms with E-state index in [0.29, 0.717) is 0 Å². The summed E-state index contributed by atoms with van der Waals surface area (Å²) in [7, 11) is 4.03. The van der Waals surface area contributed by atoms with E-state index >= 15 is 0 Å². The summed E-state index contributed by atoms with van der Waals surface area (Å²) in [5.74, 6) is 0. The van der Waals surface area contributed by atoms with E-state index in [1.807, 2.05) is 7.11 Å². The third kappa shape index (κ3) is 2.70. The third-order valence-electron chi connectivity index (χ3n) is 4.97. The average molecular weight is 274 g/mol. The summed E-state index contributed by atoms with van der Waals surface area (Å²) < 4.78 is 5.65. The molecule has 0 atom stereocenters. The highest BCUT2D eigenvalue weighted by atomic mass is 16.5. The van der Waals surface area contributed by atoms with Gasteiger partial charge in [-0.25, -0.2) is 0 Å². The maximum absolute atomic E-state index is 5.65. The van der Waals surface area contributed by atoms with Crippen LogP contribution < -0.4 is 10.2 Å². The SMILES string of the molecule is COC1(CNCc2ccc3c(c2)CCCN3C)CCC1. The predicted octanol–water partition coefficient (Wildman–Crippen LogP) is 2.73. The molecule has 0 radical (unpaired) electrons. The molecule has 3 rings (SSSR count). The summed E-state index contributed by atoms with van der Waals surface area (Å²) >= 11 is 0. The second-order valence-corrected chi connectivity index (χ2v) is 6.33. The number of benzene rings is 1. The van der Waals surface area contributed by atoms with E-state index in [4.69, 9.17) is 4.74 Å². The Morgan fingerprint density at radius 3 is 2.85 bits per heavy atom. The number of aryl methyl sites for hydroxylation is 1. The average Bonchev–Trinajstić information content (AvgIpc) is 2.42. The second-order valence-electron chi connectivity index (χ2n) is 6.33. The molecule has 3 heteroatoms. The quantitative estimate of drug-likeness (QED) is 0.893. The van der Waals surface area contributed by atoms with E-state index in [2.05, 4.69) is 35.5 Å². The number of rotatable bonds is 5. The molecular weight excluding hydrogens is 248 g/mol. The standard InChI is InChI=1S/C17H26N2O/c1-19-10-3-5-15-11-14(6-7-16(15)19)12-18-13-17(20-2)8-4-9-17/h6-7,11,18H,3-5,8-10,12-13H2,1-2H3. The van der Waals surface area contributed by atoms with Gasteiger partial charge in [0.1, 0.15) is 0 Å². The van der Waals surface area contributed by atoms with Gasteiger partial charge in [-0.15, -0.1) is 0 Å². The number of methoxy groups -OCH3 is 1. The van der Waals surface area contributed by atoms with Gasteiger partial charge in [0, 0.05) is 39.5 Å². The molecule has 3 nitrogen and oxygen atoms in total. The summed E-state index contributed by atoms with van der Waals surface area (Å²) in [5.41, 5.74) is 4.43. The normalized spacial score (nSPS) is 20.4. The molecule has 1 heterocycles. The first-order chi connectivity index (χ1) is 9.72. The highest BCUT2D eigenvalue weighted by Crippen LogP contribution is 2.34. The van der Waals surface area contributed by atoms with Gasteiger partial charge in [-0.3, -0.25) is 0 Å². The van der Waals surface area contributed by atoms with Crippen LogP contribution in [-0.4, -0.2) is 32.8 Å². The van der Waals surface area contributed by atoms with Gasteiger partial charge in [0.15, 0.2) is 0 Å². The minimum atomic E-state index is 0.119. The van der Waals surface area contributed by atoms with Crippen molar-refractivity contribution in [2.75, 3.05) is 32.1 Å². The van der Waals surface area contributed by atoms with E-state index in [1.165, 1.54) is 55.5 Å². The van der Waals surface area contributed by atoms with Crippen LogP contribution in [0.2, 0.25) is 0 Å². The van der Waals surface area contributed by atoms with Crippen molar-refractivity contribution in [3.63, 3.8) is 0 Å². The van der Waals surface area contributed by atoms with Crippen molar-refractivity contribution in [2.24, 2.45) is 0 Å². The van der Waals surface area contributed by atoms with Gasteiger partial charge in [-0.1, -0.05) is 12.1 Å². The highest BCUT2D eigenvalue weighted by Gasteiger charge is 2.36. The largest absolute Gasteiger partial charge is 0.377 e. The lowest BCUT2D eigenvalue weighted by atomic mass is 9.80. The van der Waals surface area contributed by atoms with Crippen LogP contribution in [-0.2, 0) is 17.7 Å². The first-order valence-electron chi connectivity index (χ1n) is 7.81. The highest BCUT2D eigenvalue weighted by molar-refractivity contribution is 5.56. The molecule has 0 spiro atoms. The fourth-order valence-electron chi connectivity index (χ4n) is 3.41. The Kier molecular flexibility index (Phi) is 3.99. The Labute approximate surface area is 122 Å². The summed E-state index contributed by atoms with van der Waals surface area (Å²) in [6.07, 6.45) is 6.19. The Bertz CT molecular complexity index is 463. The van der Waals surface area contributed by atoms with Crippen molar-refractivity contribution < 1.29 is 4.74 Å². The molecule has 0 saturated heterocycles. The molecule has 0 amide bonds. The maximum Gasteiger partial charge on any atom is 0.0802 e. The maximum atomic E-state index is 5.65. The van der Waals surface area contributed by atoms with E-state index < -0.39 is 0 Å². The van der Waals surface area contributed by atoms with Crippen molar-refractivity contribution in [1.82, 2.24) is 5.32 Å². The Morgan fingerprint density at radius 1 is 1.30 bits per heavy atom. The van der Waals surface area contributed by atoms with Crippen LogP contribution in [0.5, 0.6) is 0 Å². The van der Waals surface area contributed by atoms with Crippen molar-refractivity contribution in [3.8, 4) is 0 Å². The van der Waals surface area contributed by atoms with Crippen LogP contribution in [0.1, 0.15) is 36.8 Å². The molecule has 2 aliphatic rings. The predicted molar refractivity (Wildman–Crippen MR) is 83.3 cm³/mol. The number of anilines is 1.